The average Bonchev–Trinajstić information content (AvgIpc) is 2.73. The molecule has 2 aliphatic rings. The van der Waals surface area contributed by atoms with E-state index in [1.807, 2.05) is 24.3 Å². The van der Waals surface area contributed by atoms with Crippen LogP contribution in [0.5, 0.6) is 0 Å². The number of ketones is 1. The zero-order chi connectivity index (χ0) is 21.4. The van der Waals surface area contributed by atoms with Gasteiger partial charge in [-0.1, -0.05) is 41.9 Å². The molecule has 1 aliphatic carbocycles. The topological polar surface area (TPSA) is 55.4 Å². The minimum absolute atomic E-state index is 0.0187. The van der Waals surface area contributed by atoms with Crippen LogP contribution in [0.2, 0.25) is 5.02 Å². The summed E-state index contributed by atoms with van der Waals surface area (Å²) in [6.07, 6.45) is 0.861. The Morgan fingerprint density at radius 2 is 1.83 bits per heavy atom. The van der Waals surface area contributed by atoms with Gasteiger partial charge in [0.1, 0.15) is 5.82 Å². The Kier molecular flexibility index (Phi) is 5.48. The maximum absolute atomic E-state index is 14.8. The Morgan fingerprint density at radius 3 is 2.50 bits per heavy atom. The zero-order valence-corrected chi connectivity index (χ0v) is 17.4. The number of methoxy groups -OCH3 is 1. The maximum atomic E-state index is 14.8. The summed E-state index contributed by atoms with van der Waals surface area (Å²) in [7, 11) is 1.28. The molecule has 1 N–H and O–H groups in total. The maximum Gasteiger partial charge on any atom is 0.336 e. The lowest BCUT2D eigenvalue weighted by atomic mass is 9.71. The summed E-state index contributed by atoms with van der Waals surface area (Å²) in [5, 5.41) is 3.87. The molecule has 1 aliphatic heterocycles. The SMILES string of the molecule is COC(=O)C1=C(C)NC2=C(C(=O)C[C@H](c3ccc(Cl)cc3)C2)[C@H]1c1ccccc1F. The second-order valence-electron chi connectivity index (χ2n) is 7.58. The second-order valence-corrected chi connectivity index (χ2v) is 8.02. The number of benzene rings is 2. The highest BCUT2D eigenvalue weighted by Gasteiger charge is 2.42. The van der Waals surface area contributed by atoms with Gasteiger partial charge in [-0.25, -0.2) is 9.18 Å². The van der Waals surface area contributed by atoms with Crippen LogP contribution in [0.25, 0.3) is 0 Å². The summed E-state index contributed by atoms with van der Waals surface area (Å²) in [6.45, 7) is 1.75. The van der Waals surface area contributed by atoms with Gasteiger partial charge in [-0.15, -0.1) is 0 Å². The lowest BCUT2D eigenvalue weighted by Crippen LogP contribution is -2.36. The Morgan fingerprint density at radius 1 is 1.13 bits per heavy atom. The Labute approximate surface area is 179 Å². The smallest absolute Gasteiger partial charge is 0.336 e. The van der Waals surface area contributed by atoms with E-state index < -0.39 is 17.7 Å². The summed E-state index contributed by atoms with van der Waals surface area (Å²) in [5.74, 6) is -1.96. The van der Waals surface area contributed by atoms with Gasteiger partial charge in [0.2, 0.25) is 0 Å². The van der Waals surface area contributed by atoms with Gasteiger partial charge in [-0.3, -0.25) is 4.79 Å². The molecule has 0 saturated carbocycles. The van der Waals surface area contributed by atoms with Gasteiger partial charge >= 0.3 is 5.97 Å². The van der Waals surface area contributed by atoms with Crippen LogP contribution >= 0.6 is 11.6 Å². The van der Waals surface area contributed by atoms with E-state index in [1.165, 1.54) is 13.2 Å². The molecule has 4 nitrogen and oxygen atoms in total. The molecule has 0 saturated heterocycles. The minimum atomic E-state index is -0.798. The lowest BCUT2D eigenvalue weighted by Gasteiger charge is -2.36. The second kappa shape index (κ2) is 8.07. The van der Waals surface area contributed by atoms with Crippen molar-refractivity contribution in [3.63, 3.8) is 0 Å². The van der Waals surface area contributed by atoms with Gasteiger partial charge in [0.05, 0.1) is 18.6 Å². The van der Waals surface area contributed by atoms with Crippen LogP contribution in [0.3, 0.4) is 0 Å². The molecule has 2 aromatic rings. The van der Waals surface area contributed by atoms with Crippen molar-refractivity contribution in [2.45, 2.75) is 31.6 Å². The fourth-order valence-corrected chi connectivity index (χ4v) is 4.54. The minimum Gasteiger partial charge on any atom is -0.466 e. The number of ether oxygens (including phenoxy) is 1. The lowest BCUT2D eigenvalue weighted by molar-refractivity contribution is -0.136. The summed E-state index contributed by atoms with van der Waals surface area (Å²) < 4.78 is 19.7. The molecular weight excluding hydrogens is 405 g/mol. The van der Waals surface area contributed by atoms with Crippen molar-refractivity contribution < 1.29 is 18.7 Å². The van der Waals surface area contributed by atoms with Crippen molar-refractivity contribution in [3.05, 3.63) is 93.0 Å². The number of hydrogen-bond acceptors (Lipinski definition) is 4. The van der Waals surface area contributed by atoms with E-state index >= 15 is 0 Å². The quantitative estimate of drug-likeness (QED) is 0.702. The molecule has 4 rings (SSSR count). The number of esters is 1. The molecule has 1 heterocycles. The number of carbonyl (C=O) groups excluding carboxylic acids is 2. The van der Waals surface area contributed by atoms with E-state index in [9.17, 15) is 14.0 Å². The third-order valence-electron chi connectivity index (χ3n) is 5.79. The summed E-state index contributed by atoms with van der Waals surface area (Å²) in [6, 6.07) is 13.7. The molecule has 0 fully saturated rings. The molecule has 6 heteroatoms. The first-order valence-corrected chi connectivity index (χ1v) is 10.1. The third kappa shape index (κ3) is 3.54. The third-order valence-corrected chi connectivity index (χ3v) is 6.04. The highest BCUT2D eigenvalue weighted by molar-refractivity contribution is 6.30. The largest absolute Gasteiger partial charge is 0.466 e. The molecule has 2 aromatic carbocycles. The predicted molar refractivity (Wildman–Crippen MR) is 112 cm³/mol. The van der Waals surface area contributed by atoms with E-state index in [4.69, 9.17) is 16.3 Å². The highest BCUT2D eigenvalue weighted by atomic mass is 35.5. The normalized spacial score (nSPS) is 21.3. The van der Waals surface area contributed by atoms with Crippen molar-refractivity contribution >= 4 is 23.4 Å². The molecule has 30 heavy (non-hydrogen) atoms. The fourth-order valence-electron chi connectivity index (χ4n) is 4.41. The van der Waals surface area contributed by atoms with Crippen molar-refractivity contribution in [1.29, 1.82) is 0 Å². The summed E-state index contributed by atoms with van der Waals surface area (Å²) in [4.78, 5) is 25.9. The highest BCUT2D eigenvalue weighted by Crippen LogP contribution is 2.46. The van der Waals surface area contributed by atoms with Gasteiger partial charge in [0.25, 0.3) is 0 Å². The van der Waals surface area contributed by atoms with Crippen LogP contribution in [0.15, 0.2) is 71.1 Å². The van der Waals surface area contributed by atoms with Crippen molar-refractivity contribution in [2.24, 2.45) is 0 Å². The molecule has 0 radical (unpaired) electrons. The van der Waals surface area contributed by atoms with E-state index in [1.54, 1.807) is 25.1 Å². The van der Waals surface area contributed by atoms with Gasteiger partial charge in [0, 0.05) is 34.0 Å². The predicted octanol–water partition coefficient (Wildman–Crippen LogP) is 5.01. The standard InChI is InChI=1S/C24H21ClFNO3/c1-13-21(24(29)30-2)22(17-5-3-4-6-18(17)26)23-19(27-13)11-15(12-20(23)28)14-7-9-16(25)10-8-14/h3-10,15,22,27H,11-12H2,1-2H3/t15-,22+/m1/s1. The first kappa shape index (κ1) is 20.4. The Balaban J connectivity index is 1.82. The molecule has 0 aromatic heterocycles. The summed E-state index contributed by atoms with van der Waals surface area (Å²) in [5.41, 5.74) is 3.31. The number of rotatable bonds is 3. The molecule has 154 valence electrons. The van der Waals surface area contributed by atoms with E-state index in [0.29, 0.717) is 28.3 Å². The first-order chi connectivity index (χ1) is 14.4. The average molecular weight is 426 g/mol. The van der Waals surface area contributed by atoms with Crippen LogP contribution < -0.4 is 5.32 Å². The van der Waals surface area contributed by atoms with E-state index in [0.717, 1.165) is 11.3 Å². The molecule has 0 bridgehead atoms. The molecule has 0 unspecified atom stereocenters. The zero-order valence-electron chi connectivity index (χ0n) is 16.7. The summed E-state index contributed by atoms with van der Waals surface area (Å²) >= 11 is 6.00. The van der Waals surface area contributed by atoms with Gasteiger partial charge in [-0.2, -0.15) is 0 Å². The number of hydrogen-bond donors (Lipinski definition) is 1. The number of dihydropyridines is 1. The first-order valence-electron chi connectivity index (χ1n) is 9.73. The Hall–Kier alpha value is -2.92. The van der Waals surface area contributed by atoms with E-state index in [2.05, 4.69) is 5.32 Å². The number of halogens is 2. The van der Waals surface area contributed by atoms with Gasteiger partial charge < -0.3 is 10.1 Å². The van der Waals surface area contributed by atoms with Gasteiger partial charge in [-0.05, 0) is 43.0 Å². The van der Waals surface area contributed by atoms with Crippen molar-refractivity contribution in [3.8, 4) is 0 Å². The number of nitrogens with one attached hydrogen (secondary N) is 1. The van der Waals surface area contributed by atoms with Crippen LogP contribution in [0.4, 0.5) is 4.39 Å². The monoisotopic (exact) mass is 425 g/mol. The van der Waals surface area contributed by atoms with E-state index in [-0.39, 0.29) is 23.7 Å². The fraction of sp³-hybridized carbons (Fsp3) is 0.250. The number of Topliss-reactive ketones (excluding diaryl/α,β-unsaturated/α-hetero) is 1. The molecule has 0 spiro atoms. The molecular formula is C24H21ClFNO3. The van der Waals surface area contributed by atoms with Crippen LogP contribution in [0.1, 0.15) is 42.7 Å². The van der Waals surface area contributed by atoms with Crippen molar-refractivity contribution in [1.82, 2.24) is 5.32 Å². The van der Waals surface area contributed by atoms with Crippen LogP contribution in [-0.4, -0.2) is 18.9 Å². The van der Waals surface area contributed by atoms with Crippen molar-refractivity contribution in [2.75, 3.05) is 7.11 Å². The molecule has 2 atom stereocenters. The number of carbonyl (C=O) groups is 2. The Bertz CT molecular complexity index is 1090. The molecule has 0 amide bonds. The van der Waals surface area contributed by atoms with Gasteiger partial charge in [0.15, 0.2) is 5.78 Å². The number of allylic oxidation sites excluding steroid dienone is 3. The van der Waals surface area contributed by atoms with Crippen LogP contribution in [-0.2, 0) is 14.3 Å². The van der Waals surface area contributed by atoms with Crippen LogP contribution in [0, 0.1) is 5.82 Å².